The van der Waals surface area contributed by atoms with Gasteiger partial charge in [-0.2, -0.15) is 4.98 Å². The minimum Gasteiger partial charge on any atom is -0.402 e. The second kappa shape index (κ2) is 7.62. The summed E-state index contributed by atoms with van der Waals surface area (Å²) in [5.41, 5.74) is 0. The molecular formula is C9H10ClN3O4S. The monoisotopic (exact) mass is 291 g/mol. The molecule has 1 amide bonds. The molecule has 0 saturated carbocycles. The van der Waals surface area contributed by atoms with Crippen molar-refractivity contribution in [2.24, 2.45) is 5.16 Å². The number of hydrogen-bond acceptors (Lipinski definition) is 7. The molecule has 7 nitrogen and oxygen atoms in total. The van der Waals surface area contributed by atoms with Gasteiger partial charge in [0.1, 0.15) is 12.5 Å². The van der Waals surface area contributed by atoms with Gasteiger partial charge < -0.3 is 14.9 Å². The van der Waals surface area contributed by atoms with Gasteiger partial charge in [-0.3, -0.25) is 4.79 Å². The second-order valence-electron chi connectivity index (χ2n) is 2.75. The normalized spacial score (nSPS) is 10.3. The van der Waals surface area contributed by atoms with Crippen molar-refractivity contribution in [2.75, 3.05) is 17.8 Å². The zero-order chi connectivity index (χ0) is 13.4. The highest BCUT2D eigenvalue weighted by Crippen LogP contribution is 2.20. The smallest absolute Gasteiger partial charge is 0.359 e. The van der Waals surface area contributed by atoms with Crippen molar-refractivity contribution in [3.8, 4) is 5.88 Å². The predicted molar refractivity (Wildman–Crippen MR) is 67.2 cm³/mol. The van der Waals surface area contributed by atoms with Crippen molar-refractivity contribution < 1.29 is 19.2 Å². The van der Waals surface area contributed by atoms with Gasteiger partial charge in [-0.1, -0.05) is 5.16 Å². The van der Waals surface area contributed by atoms with Gasteiger partial charge in [-0.05, 0) is 6.92 Å². The third-order valence-corrected chi connectivity index (χ3v) is 2.40. The van der Waals surface area contributed by atoms with E-state index in [4.69, 9.17) is 16.3 Å². The molecule has 0 bridgehead atoms. The lowest BCUT2D eigenvalue weighted by atomic mass is 10.7. The van der Waals surface area contributed by atoms with Crippen LogP contribution in [0.5, 0.6) is 5.88 Å². The van der Waals surface area contributed by atoms with E-state index in [-0.39, 0.29) is 17.7 Å². The number of thiazole rings is 1. The lowest BCUT2D eigenvalue weighted by molar-refractivity contribution is -0.126. The minimum absolute atomic E-state index is 0.0674. The Morgan fingerprint density at radius 2 is 2.44 bits per heavy atom. The third kappa shape index (κ3) is 5.11. The highest BCUT2D eigenvalue weighted by molar-refractivity contribution is 7.14. The summed E-state index contributed by atoms with van der Waals surface area (Å²) >= 11 is 6.42. The van der Waals surface area contributed by atoms with E-state index in [2.05, 4.69) is 20.3 Å². The Labute approximate surface area is 112 Å². The fourth-order valence-electron chi connectivity index (χ4n) is 0.800. The van der Waals surface area contributed by atoms with Crippen molar-refractivity contribution in [3.05, 3.63) is 5.38 Å². The molecule has 0 fully saturated rings. The molecule has 0 aliphatic carbocycles. The van der Waals surface area contributed by atoms with Gasteiger partial charge in [-0.25, -0.2) is 4.79 Å². The van der Waals surface area contributed by atoms with E-state index in [1.165, 1.54) is 5.38 Å². The van der Waals surface area contributed by atoms with E-state index < -0.39 is 5.97 Å². The van der Waals surface area contributed by atoms with Gasteiger partial charge in [0.2, 0.25) is 11.8 Å². The Hall–Kier alpha value is -1.67. The maximum absolute atomic E-state index is 11.2. The van der Waals surface area contributed by atoms with Gasteiger partial charge >= 0.3 is 5.97 Å². The van der Waals surface area contributed by atoms with Gasteiger partial charge in [0, 0.05) is 0 Å². The second-order valence-corrected chi connectivity index (χ2v) is 3.87. The number of rotatable bonds is 6. The lowest BCUT2D eigenvalue weighted by Gasteiger charge is -1.96. The summed E-state index contributed by atoms with van der Waals surface area (Å²) in [5, 5.41) is 7.53. The number of ether oxygens (including phenoxy) is 1. The third-order valence-electron chi connectivity index (χ3n) is 1.42. The van der Waals surface area contributed by atoms with E-state index in [9.17, 15) is 9.59 Å². The molecular weight excluding hydrogens is 282 g/mol. The Balaban J connectivity index is 2.48. The molecule has 0 aliphatic rings. The molecule has 18 heavy (non-hydrogen) atoms. The number of alkyl halides is 1. The zero-order valence-corrected chi connectivity index (χ0v) is 11.0. The number of carbonyl (C=O) groups excluding carboxylic acids is 2. The maximum atomic E-state index is 11.2. The summed E-state index contributed by atoms with van der Waals surface area (Å²) in [6.45, 7) is 2.09. The van der Waals surface area contributed by atoms with Crippen LogP contribution in [0.25, 0.3) is 0 Å². The molecule has 1 N–H and O–H groups in total. The first-order valence-electron chi connectivity index (χ1n) is 4.84. The van der Waals surface area contributed by atoms with Gasteiger partial charge in [0.05, 0.1) is 5.38 Å². The molecule has 1 aromatic heterocycles. The quantitative estimate of drug-likeness (QED) is 0.369. The molecule has 1 rings (SSSR count). The summed E-state index contributed by atoms with van der Waals surface area (Å²) in [5.74, 6) is -1.21. The van der Waals surface area contributed by atoms with Crippen LogP contribution >= 0.6 is 22.9 Å². The first kappa shape index (κ1) is 14.4. The topological polar surface area (TPSA) is 89.9 Å². The Morgan fingerprint density at radius 1 is 1.67 bits per heavy atom. The fraction of sp³-hybridized carbons (Fsp3) is 0.333. The molecule has 0 unspecified atom stereocenters. The van der Waals surface area contributed by atoms with E-state index >= 15 is 0 Å². The Kier molecular flexibility index (Phi) is 6.09. The molecule has 1 heterocycles. The van der Waals surface area contributed by atoms with Gasteiger partial charge in [-0.15, -0.1) is 22.9 Å². The number of amides is 1. The molecule has 0 spiro atoms. The minimum atomic E-state index is -0.719. The van der Waals surface area contributed by atoms with Crippen LogP contribution < -0.4 is 10.1 Å². The average Bonchev–Trinajstić information content (AvgIpc) is 2.76. The molecule has 9 heteroatoms. The number of carbonyl (C=O) groups is 2. The summed E-state index contributed by atoms with van der Waals surface area (Å²) in [6.07, 6.45) is 0.889. The van der Waals surface area contributed by atoms with Crippen LogP contribution in [-0.2, 0) is 14.4 Å². The van der Waals surface area contributed by atoms with Crippen LogP contribution in [-0.4, -0.2) is 35.6 Å². The van der Waals surface area contributed by atoms with Crippen molar-refractivity contribution in [1.29, 1.82) is 0 Å². The van der Waals surface area contributed by atoms with Crippen LogP contribution in [0.4, 0.5) is 5.13 Å². The molecule has 0 aromatic carbocycles. The van der Waals surface area contributed by atoms with Crippen LogP contribution in [0.15, 0.2) is 10.5 Å². The first-order chi connectivity index (χ1) is 8.65. The number of hydrogen-bond donors (Lipinski definition) is 1. The maximum Gasteiger partial charge on any atom is 0.359 e. The van der Waals surface area contributed by atoms with Crippen molar-refractivity contribution in [2.45, 2.75) is 6.92 Å². The lowest BCUT2D eigenvalue weighted by Crippen LogP contribution is -2.13. The predicted octanol–water partition coefficient (Wildman–Crippen LogP) is 1.25. The molecule has 0 aliphatic heterocycles. The highest BCUT2D eigenvalue weighted by Gasteiger charge is 2.08. The van der Waals surface area contributed by atoms with E-state index in [1.54, 1.807) is 6.92 Å². The van der Waals surface area contributed by atoms with E-state index in [1.807, 2.05) is 0 Å². The van der Waals surface area contributed by atoms with Crippen LogP contribution in [0, 0.1) is 0 Å². The number of nitrogens with one attached hydrogen (secondary N) is 1. The zero-order valence-electron chi connectivity index (χ0n) is 9.38. The number of anilines is 1. The Bertz CT molecular complexity index is 449. The largest absolute Gasteiger partial charge is 0.402 e. The highest BCUT2D eigenvalue weighted by atomic mass is 35.5. The Morgan fingerprint density at radius 3 is 3.11 bits per heavy atom. The van der Waals surface area contributed by atoms with E-state index in [0.717, 1.165) is 17.6 Å². The number of halogens is 1. The molecule has 0 radical (unpaired) electrons. The number of oxime groups is 1. The van der Waals surface area contributed by atoms with E-state index in [0.29, 0.717) is 11.7 Å². The SMILES string of the molecule is CCO/N=C\C(=O)Oc1csc(NC(=O)CCl)n1. The molecule has 0 atom stereocenters. The van der Waals surface area contributed by atoms with Crippen LogP contribution in [0.3, 0.4) is 0 Å². The summed E-state index contributed by atoms with van der Waals surface area (Å²) in [7, 11) is 0. The van der Waals surface area contributed by atoms with Crippen molar-refractivity contribution in [3.63, 3.8) is 0 Å². The molecule has 1 aromatic rings. The number of aromatic nitrogens is 1. The van der Waals surface area contributed by atoms with Crippen LogP contribution in [0.1, 0.15) is 6.92 Å². The first-order valence-corrected chi connectivity index (χ1v) is 6.25. The van der Waals surface area contributed by atoms with Crippen molar-refractivity contribution in [1.82, 2.24) is 4.98 Å². The number of nitrogens with zero attached hydrogens (tertiary/aromatic N) is 2. The van der Waals surface area contributed by atoms with Crippen LogP contribution in [0.2, 0.25) is 0 Å². The molecule has 0 saturated heterocycles. The molecule has 98 valence electrons. The van der Waals surface area contributed by atoms with Gasteiger partial charge in [0.25, 0.3) is 0 Å². The average molecular weight is 292 g/mol. The summed E-state index contributed by atoms with van der Waals surface area (Å²) in [4.78, 5) is 30.6. The van der Waals surface area contributed by atoms with Gasteiger partial charge in [0.15, 0.2) is 11.3 Å². The summed E-state index contributed by atoms with van der Waals surface area (Å²) < 4.78 is 4.80. The summed E-state index contributed by atoms with van der Waals surface area (Å²) in [6, 6.07) is 0. The van der Waals surface area contributed by atoms with Crippen molar-refractivity contribution >= 4 is 46.2 Å². The fourth-order valence-corrected chi connectivity index (χ4v) is 1.50. The standard InChI is InChI=1S/C9H10ClN3O4S/c1-2-16-11-4-8(15)17-7-5-18-9(13-7)12-6(14)3-10/h4-5H,2-3H2,1H3,(H,12,13,14)/b11-4-. The number of esters is 1.